The van der Waals surface area contributed by atoms with Gasteiger partial charge in [0.15, 0.2) is 0 Å². The molecule has 3 nitrogen and oxygen atoms in total. The molecule has 104 valence electrons. The predicted molar refractivity (Wildman–Crippen MR) is 79.1 cm³/mol. The number of rotatable bonds is 4. The minimum Gasteiger partial charge on any atom is -0.376 e. The number of para-hydroxylation sites is 1. The van der Waals surface area contributed by atoms with Gasteiger partial charge in [-0.2, -0.15) is 0 Å². The van der Waals surface area contributed by atoms with E-state index in [1.54, 1.807) is 0 Å². The van der Waals surface area contributed by atoms with Crippen molar-refractivity contribution in [2.75, 3.05) is 11.9 Å². The summed E-state index contributed by atoms with van der Waals surface area (Å²) in [6.07, 6.45) is 6.20. The third-order valence-electron chi connectivity index (χ3n) is 3.93. The van der Waals surface area contributed by atoms with E-state index in [4.69, 9.17) is 0 Å². The van der Waals surface area contributed by atoms with Crippen molar-refractivity contribution in [2.45, 2.75) is 45.1 Å². The van der Waals surface area contributed by atoms with E-state index in [1.165, 1.54) is 25.7 Å². The summed E-state index contributed by atoms with van der Waals surface area (Å²) in [7, 11) is 0. The minimum absolute atomic E-state index is 0.0996. The molecule has 1 fully saturated rings. The van der Waals surface area contributed by atoms with Crippen LogP contribution in [-0.4, -0.2) is 18.5 Å². The lowest BCUT2D eigenvalue weighted by Crippen LogP contribution is -2.41. The molecule has 0 saturated heterocycles. The van der Waals surface area contributed by atoms with E-state index in [-0.39, 0.29) is 5.91 Å². The van der Waals surface area contributed by atoms with Gasteiger partial charge in [-0.3, -0.25) is 4.79 Å². The van der Waals surface area contributed by atoms with Gasteiger partial charge in [-0.1, -0.05) is 44.4 Å². The Balaban J connectivity index is 1.77. The summed E-state index contributed by atoms with van der Waals surface area (Å²) < 4.78 is 0. The van der Waals surface area contributed by atoms with Gasteiger partial charge in [-0.15, -0.1) is 0 Å². The van der Waals surface area contributed by atoms with Gasteiger partial charge in [-0.05, 0) is 30.9 Å². The zero-order valence-corrected chi connectivity index (χ0v) is 11.7. The molecular formula is C16H24N2O. The van der Waals surface area contributed by atoms with Crippen LogP contribution in [0.2, 0.25) is 0 Å². The van der Waals surface area contributed by atoms with Gasteiger partial charge < -0.3 is 10.6 Å². The Morgan fingerprint density at radius 2 is 1.89 bits per heavy atom. The van der Waals surface area contributed by atoms with E-state index in [0.717, 1.165) is 12.1 Å². The van der Waals surface area contributed by atoms with Crippen LogP contribution in [0.1, 0.15) is 39.0 Å². The third kappa shape index (κ3) is 4.58. The molecule has 1 aliphatic rings. The van der Waals surface area contributed by atoms with E-state index < -0.39 is 0 Å². The van der Waals surface area contributed by atoms with Crippen LogP contribution in [0, 0.1) is 5.92 Å². The Morgan fingerprint density at radius 1 is 1.16 bits per heavy atom. The van der Waals surface area contributed by atoms with Crippen molar-refractivity contribution in [1.82, 2.24) is 5.32 Å². The van der Waals surface area contributed by atoms with E-state index in [2.05, 4.69) is 17.6 Å². The molecule has 0 radical (unpaired) electrons. The number of anilines is 1. The van der Waals surface area contributed by atoms with Crippen molar-refractivity contribution < 1.29 is 4.79 Å². The maximum absolute atomic E-state index is 12.0. The maximum Gasteiger partial charge on any atom is 0.239 e. The van der Waals surface area contributed by atoms with Crippen LogP contribution in [0.25, 0.3) is 0 Å². The highest BCUT2D eigenvalue weighted by atomic mass is 16.1. The smallest absolute Gasteiger partial charge is 0.239 e. The summed E-state index contributed by atoms with van der Waals surface area (Å²) in [6, 6.07) is 10.2. The van der Waals surface area contributed by atoms with E-state index >= 15 is 0 Å². The Bertz CT molecular complexity index is 391. The van der Waals surface area contributed by atoms with E-state index in [1.807, 2.05) is 30.3 Å². The number of hydrogen-bond donors (Lipinski definition) is 2. The number of carbonyl (C=O) groups is 1. The Kier molecular flexibility index (Phi) is 5.25. The van der Waals surface area contributed by atoms with E-state index in [9.17, 15) is 4.79 Å². The predicted octanol–water partition coefficient (Wildman–Crippen LogP) is 3.18. The highest BCUT2D eigenvalue weighted by Gasteiger charge is 2.21. The highest BCUT2D eigenvalue weighted by molar-refractivity contribution is 5.80. The van der Waals surface area contributed by atoms with Crippen LogP contribution in [0.15, 0.2) is 30.3 Å². The van der Waals surface area contributed by atoms with Gasteiger partial charge in [0.2, 0.25) is 5.91 Å². The first-order chi connectivity index (χ1) is 9.25. The molecule has 1 aromatic carbocycles. The standard InChI is InChI=1S/C16H24N2O/c1-13-8-4-2-7-11-15(13)18-16(19)12-17-14-9-5-3-6-10-14/h3,5-6,9-10,13,15,17H,2,4,7-8,11-12H2,1H3,(H,18,19). The molecule has 1 saturated carbocycles. The van der Waals surface area contributed by atoms with Crippen LogP contribution in [-0.2, 0) is 4.79 Å². The summed E-state index contributed by atoms with van der Waals surface area (Å²) in [4.78, 5) is 12.0. The van der Waals surface area contributed by atoms with Crippen molar-refractivity contribution in [3.05, 3.63) is 30.3 Å². The molecule has 2 atom stereocenters. The number of amides is 1. The first kappa shape index (κ1) is 13.9. The fourth-order valence-corrected chi connectivity index (χ4v) is 2.70. The average molecular weight is 260 g/mol. The summed E-state index contributed by atoms with van der Waals surface area (Å²) >= 11 is 0. The molecule has 0 aliphatic heterocycles. The fraction of sp³-hybridized carbons (Fsp3) is 0.562. The molecule has 19 heavy (non-hydrogen) atoms. The number of benzene rings is 1. The normalized spacial score (nSPS) is 23.4. The van der Waals surface area contributed by atoms with Crippen molar-refractivity contribution >= 4 is 11.6 Å². The summed E-state index contributed by atoms with van der Waals surface area (Å²) in [6.45, 7) is 2.61. The van der Waals surface area contributed by atoms with Crippen molar-refractivity contribution in [1.29, 1.82) is 0 Å². The van der Waals surface area contributed by atoms with Gasteiger partial charge in [0, 0.05) is 11.7 Å². The molecule has 0 spiro atoms. The van der Waals surface area contributed by atoms with Crippen LogP contribution < -0.4 is 10.6 Å². The first-order valence-electron chi connectivity index (χ1n) is 7.34. The van der Waals surface area contributed by atoms with Gasteiger partial charge in [0.25, 0.3) is 0 Å². The number of hydrogen-bond acceptors (Lipinski definition) is 2. The first-order valence-corrected chi connectivity index (χ1v) is 7.34. The van der Waals surface area contributed by atoms with Gasteiger partial charge in [0.1, 0.15) is 0 Å². The Morgan fingerprint density at radius 3 is 2.68 bits per heavy atom. The van der Waals surface area contributed by atoms with Crippen LogP contribution in [0.4, 0.5) is 5.69 Å². The topological polar surface area (TPSA) is 41.1 Å². The quantitative estimate of drug-likeness (QED) is 0.816. The van der Waals surface area contributed by atoms with Gasteiger partial charge in [-0.25, -0.2) is 0 Å². The molecule has 1 aliphatic carbocycles. The molecule has 1 aromatic rings. The minimum atomic E-state index is 0.0996. The molecule has 0 heterocycles. The van der Waals surface area contributed by atoms with Crippen LogP contribution in [0.3, 0.4) is 0 Å². The van der Waals surface area contributed by atoms with Gasteiger partial charge in [0.05, 0.1) is 6.54 Å². The zero-order valence-electron chi connectivity index (χ0n) is 11.7. The average Bonchev–Trinajstić information content (AvgIpc) is 2.63. The highest BCUT2D eigenvalue weighted by Crippen LogP contribution is 2.22. The van der Waals surface area contributed by atoms with Crippen molar-refractivity contribution in [2.24, 2.45) is 5.92 Å². The van der Waals surface area contributed by atoms with Gasteiger partial charge >= 0.3 is 0 Å². The fourth-order valence-electron chi connectivity index (χ4n) is 2.70. The second-order valence-corrected chi connectivity index (χ2v) is 5.51. The van der Waals surface area contributed by atoms with Crippen molar-refractivity contribution in [3.63, 3.8) is 0 Å². The Labute approximate surface area is 115 Å². The molecular weight excluding hydrogens is 236 g/mol. The monoisotopic (exact) mass is 260 g/mol. The largest absolute Gasteiger partial charge is 0.376 e. The second-order valence-electron chi connectivity index (χ2n) is 5.51. The molecule has 0 aromatic heterocycles. The SMILES string of the molecule is CC1CCCCCC1NC(=O)CNc1ccccc1. The second kappa shape index (κ2) is 7.17. The maximum atomic E-state index is 12.0. The molecule has 0 bridgehead atoms. The Hall–Kier alpha value is -1.51. The third-order valence-corrected chi connectivity index (χ3v) is 3.93. The number of nitrogens with one attached hydrogen (secondary N) is 2. The molecule has 3 heteroatoms. The van der Waals surface area contributed by atoms with E-state index in [0.29, 0.717) is 18.5 Å². The lowest BCUT2D eigenvalue weighted by molar-refractivity contribution is -0.120. The van der Waals surface area contributed by atoms with Crippen molar-refractivity contribution in [3.8, 4) is 0 Å². The number of carbonyl (C=O) groups excluding carboxylic acids is 1. The van der Waals surface area contributed by atoms with Crippen LogP contribution >= 0.6 is 0 Å². The summed E-state index contributed by atoms with van der Waals surface area (Å²) in [5.41, 5.74) is 0.992. The summed E-state index contributed by atoms with van der Waals surface area (Å²) in [5.74, 6) is 0.700. The molecule has 2 unspecified atom stereocenters. The van der Waals surface area contributed by atoms with Crippen LogP contribution in [0.5, 0.6) is 0 Å². The zero-order chi connectivity index (χ0) is 13.5. The lowest BCUT2D eigenvalue weighted by atomic mass is 9.97. The lowest BCUT2D eigenvalue weighted by Gasteiger charge is -2.23. The molecule has 2 N–H and O–H groups in total. The molecule has 2 rings (SSSR count). The summed E-state index contributed by atoms with van der Waals surface area (Å²) in [5, 5.41) is 6.33. The molecule has 1 amide bonds.